The third-order valence-electron chi connectivity index (χ3n) is 4.08. The monoisotopic (exact) mass is 511 g/mol. The largest absolute Gasteiger partial charge is 0.349 e. The number of rotatable bonds is 15. The summed E-state index contributed by atoms with van der Waals surface area (Å²) in [7, 11) is -7.30. The fourth-order valence-corrected chi connectivity index (χ4v) is 12.5. The molecule has 0 saturated carbocycles. The Morgan fingerprint density at radius 2 is 1.03 bits per heavy atom. The van der Waals surface area contributed by atoms with E-state index in [1.807, 2.05) is 58.6 Å². The molecule has 13 heteroatoms. The van der Waals surface area contributed by atoms with E-state index in [0.717, 1.165) is 12.8 Å². The molecule has 0 N–H and O–H groups in total. The molecule has 0 saturated heterocycles. The minimum atomic E-state index is -3.13. The van der Waals surface area contributed by atoms with Crippen molar-refractivity contribution in [3.63, 3.8) is 0 Å². The lowest BCUT2D eigenvalue weighted by Gasteiger charge is -2.32. The van der Waals surface area contributed by atoms with Gasteiger partial charge in [0.25, 0.3) is 0 Å². The fraction of sp³-hybridized carbons (Fsp3) is 0.737. The van der Waals surface area contributed by atoms with E-state index >= 15 is 0 Å². The van der Waals surface area contributed by atoms with Crippen LogP contribution in [0.5, 0.6) is 0 Å². The summed E-state index contributed by atoms with van der Waals surface area (Å²) in [6.45, 7) is 11.7. The predicted molar refractivity (Wildman–Crippen MR) is 128 cm³/mol. The van der Waals surface area contributed by atoms with Gasteiger partial charge in [0.2, 0.25) is 0 Å². The van der Waals surface area contributed by atoms with Gasteiger partial charge in [-0.1, -0.05) is 0 Å². The molecule has 10 nitrogen and oxygen atoms in total. The van der Waals surface area contributed by atoms with Crippen molar-refractivity contribution in [3.05, 3.63) is 30.1 Å². The van der Waals surface area contributed by atoms with Gasteiger partial charge in [-0.05, 0) is 53.0 Å². The van der Waals surface area contributed by atoms with E-state index in [1.54, 1.807) is 0 Å². The van der Waals surface area contributed by atoms with Gasteiger partial charge < -0.3 is 27.1 Å². The van der Waals surface area contributed by atoms with Crippen LogP contribution in [-0.2, 0) is 40.6 Å². The third-order valence-corrected chi connectivity index (χ3v) is 13.0. The Morgan fingerprint density at radius 1 is 0.656 bits per heavy atom. The van der Waals surface area contributed by atoms with Crippen LogP contribution >= 0.6 is 23.0 Å². The minimum absolute atomic E-state index is 0.368. The average molecular weight is 511 g/mol. The first-order chi connectivity index (χ1) is 15.4. The van der Waals surface area contributed by atoms with Gasteiger partial charge in [0, 0.05) is 12.1 Å². The third kappa shape index (κ3) is 7.83. The molecule has 0 aliphatic carbocycles. The molecule has 0 fully saturated rings. The van der Waals surface area contributed by atoms with Crippen molar-refractivity contribution < 1.29 is 31.7 Å². The van der Waals surface area contributed by atoms with E-state index < -0.39 is 23.0 Å². The number of aromatic nitrogens is 1. The number of nitrogens with zero attached hydrogens (tertiary/aromatic N) is 4. The van der Waals surface area contributed by atoms with Crippen LogP contribution in [-0.4, -0.2) is 39.6 Å². The van der Waals surface area contributed by atoms with Gasteiger partial charge in [-0.15, -0.1) is 13.5 Å². The quantitative estimate of drug-likeness (QED) is 0.152. The molecule has 0 amide bonds. The summed E-state index contributed by atoms with van der Waals surface area (Å²) in [5, 5.41) is 0. The Labute approximate surface area is 192 Å². The molecule has 184 valence electrons. The molecule has 1 atom stereocenters. The second kappa shape index (κ2) is 13.5. The van der Waals surface area contributed by atoms with Gasteiger partial charge >= 0.3 is 23.0 Å². The normalized spacial score (nSPS) is 21.4. The molecule has 1 unspecified atom stereocenters. The summed E-state index contributed by atoms with van der Waals surface area (Å²) < 4.78 is 52.6. The van der Waals surface area contributed by atoms with Gasteiger partial charge in [-0.25, -0.2) is 4.57 Å². The van der Waals surface area contributed by atoms with Crippen molar-refractivity contribution in [1.29, 1.82) is 0 Å². The first-order valence-electron chi connectivity index (χ1n) is 11.1. The first-order valence-corrected chi connectivity index (χ1v) is 15.7. The van der Waals surface area contributed by atoms with E-state index in [4.69, 9.17) is 40.7 Å². The van der Waals surface area contributed by atoms with Crippen LogP contribution in [0.3, 0.4) is 0 Å². The smallest absolute Gasteiger partial charge is 0.307 e. The van der Waals surface area contributed by atoms with Gasteiger partial charge in [0.05, 0.1) is 39.6 Å². The standard InChI is InChI=1S/C19H38N4O6P3/c1-7-24-30(25-8-2)20-31(26-9-3,27-10-4)22-32(21-30,28-11-5)29-18-12-13-19-14-16-23(6)17-15-19/h14-17H,7-13,18H2,1-6H3/q+1. The Morgan fingerprint density at radius 3 is 1.41 bits per heavy atom. The molecular weight excluding hydrogens is 473 g/mol. The zero-order valence-electron chi connectivity index (χ0n) is 20.0. The minimum Gasteiger partial charge on any atom is -0.307 e. The molecule has 0 radical (unpaired) electrons. The molecule has 1 aliphatic heterocycles. The lowest BCUT2D eigenvalue weighted by atomic mass is 10.1. The van der Waals surface area contributed by atoms with Crippen molar-refractivity contribution in [2.45, 2.75) is 47.5 Å². The highest BCUT2D eigenvalue weighted by Gasteiger charge is 2.42. The summed E-state index contributed by atoms with van der Waals surface area (Å²) in [6, 6.07) is 4.20. The molecule has 2 rings (SSSR count). The zero-order valence-corrected chi connectivity index (χ0v) is 22.7. The van der Waals surface area contributed by atoms with Crippen LogP contribution in [0, 0.1) is 0 Å². The maximum absolute atomic E-state index is 6.28. The van der Waals surface area contributed by atoms with E-state index in [2.05, 4.69) is 12.1 Å². The van der Waals surface area contributed by atoms with E-state index in [1.165, 1.54) is 5.56 Å². The van der Waals surface area contributed by atoms with Crippen molar-refractivity contribution in [2.75, 3.05) is 39.6 Å². The molecule has 32 heavy (non-hydrogen) atoms. The Kier molecular flexibility index (Phi) is 11.7. The highest BCUT2D eigenvalue weighted by atomic mass is 31.3. The number of aryl methyl sites for hydroxylation is 2. The molecule has 0 spiro atoms. The fourth-order valence-electron chi connectivity index (χ4n) is 2.90. The van der Waals surface area contributed by atoms with E-state index in [0.29, 0.717) is 39.6 Å². The summed E-state index contributed by atoms with van der Waals surface area (Å²) in [4.78, 5) is 0. The summed E-state index contributed by atoms with van der Waals surface area (Å²) >= 11 is 0. The molecule has 0 bridgehead atoms. The molecule has 0 aromatic carbocycles. The molecule has 2 heterocycles. The van der Waals surface area contributed by atoms with E-state index in [-0.39, 0.29) is 0 Å². The zero-order chi connectivity index (χ0) is 23.5. The molecular formula is C19H38N4O6P3+. The lowest BCUT2D eigenvalue weighted by molar-refractivity contribution is -0.671. The average Bonchev–Trinajstić information content (AvgIpc) is 2.73. The van der Waals surface area contributed by atoms with Gasteiger partial charge in [-0.2, -0.15) is 0 Å². The molecule has 1 aromatic rings. The first kappa shape index (κ1) is 27.8. The van der Waals surface area contributed by atoms with Crippen molar-refractivity contribution >= 4 is 23.0 Å². The number of pyridine rings is 1. The summed E-state index contributed by atoms with van der Waals surface area (Å²) in [5.41, 5.74) is 1.24. The number of hydrogen-bond donors (Lipinski definition) is 0. The maximum atomic E-state index is 6.28. The predicted octanol–water partition coefficient (Wildman–Crippen LogP) is 6.50. The van der Waals surface area contributed by atoms with Crippen molar-refractivity contribution in [3.8, 4) is 0 Å². The second-order valence-corrected chi connectivity index (χ2v) is 13.3. The highest BCUT2D eigenvalue weighted by Crippen LogP contribution is 2.80. The van der Waals surface area contributed by atoms with Crippen molar-refractivity contribution in [1.82, 2.24) is 0 Å². The van der Waals surface area contributed by atoms with Gasteiger partial charge in [0.1, 0.15) is 7.05 Å². The Hall–Kier alpha value is -0.400. The summed E-state index contributed by atoms with van der Waals surface area (Å²) in [6.07, 6.45) is 5.72. The van der Waals surface area contributed by atoms with Crippen LogP contribution < -0.4 is 4.57 Å². The Balaban J connectivity index is 2.40. The Bertz CT molecular complexity index is 843. The highest BCUT2D eigenvalue weighted by molar-refractivity contribution is 7.78. The van der Waals surface area contributed by atoms with Gasteiger partial charge in [-0.3, -0.25) is 0 Å². The summed E-state index contributed by atoms with van der Waals surface area (Å²) in [5.74, 6) is 0. The topological polar surface area (TPSA) is 96.3 Å². The number of hydrogen-bond acceptors (Lipinski definition) is 9. The van der Waals surface area contributed by atoms with Crippen LogP contribution in [0.1, 0.15) is 46.6 Å². The molecule has 1 aromatic heterocycles. The van der Waals surface area contributed by atoms with Crippen LogP contribution in [0.4, 0.5) is 0 Å². The van der Waals surface area contributed by atoms with Crippen molar-refractivity contribution in [2.24, 2.45) is 20.6 Å². The van der Waals surface area contributed by atoms with E-state index in [9.17, 15) is 0 Å². The SMILES string of the molecule is CCOP1(OCC)=NP(OCC)(OCC)=NP(OCC)(OCCCc2cc[n+](C)cc2)=N1. The van der Waals surface area contributed by atoms with Crippen LogP contribution in [0.2, 0.25) is 0 Å². The second-order valence-electron chi connectivity index (χ2n) is 6.64. The van der Waals surface area contributed by atoms with Gasteiger partial charge in [0.15, 0.2) is 12.4 Å². The molecule has 1 aliphatic rings. The lowest BCUT2D eigenvalue weighted by Crippen LogP contribution is -2.25. The maximum Gasteiger partial charge on any atom is 0.349 e. The van der Waals surface area contributed by atoms with Crippen LogP contribution in [0.15, 0.2) is 38.1 Å². The van der Waals surface area contributed by atoms with Crippen LogP contribution in [0.25, 0.3) is 0 Å².